The number of nitrogens with two attached hydrogens (primary N) is 1. The molecule has 23 heavy (non-hydrogen) atoms. The van der Waals surface area contributed by atoms with Gasteiger partial charge in [0.1, 0.15) is 5.82 Å². The average Bonchev–Trinajstić information content (AvgIpc) is 2.82. The van der Waals surface area contributed by atoms with E-state index in [1.54, 1.807) is 11.8 Å². The molecule has 0 unspecified atom stereocenters. The van der Waals surface area contributed by atoms with Crippen LogP contribution in [0, 0.1) is 11.3 Å². The Balaban J connectivity index is 2.50. The van der Waals surface area contributed by atoms with Crippen molar-refractivity contribution in [1.29, 1.82) is 0 Å². The number of carbonyl (C=O) groups excluding carboxylic acids is 1. The molecule has 0 saturated heterocycles. The second kappa shape index (κ2) is 8.68. The van der Waals surface area contributed by atoms with Gasteiger partial charge in [-0.25, -0.2) is 0 Å². The molecule has 0 fully saturated rings. The first-order chi connectivity index (χ1) is 10.7. The Labute approximate surface area is 144 Å². The van der Waals surface area contributed by atoms with E-state index in [-0.39, 0.29) is 11.3 Å². The first-order valence-corrected chi connectivity index (χ1v) is 9.38. The summed E-state index contributed by atoms with van der Waals surface area (Å²) in [5.74, 6) is 1.43. The third-order valence-electron chi connectivity index (χ3n) is 3.62. The molecule has 6 nitrogen and oxygen atoms in total. The van der Waals surface area contributed by atoms with Gasteiger partial charge in [0.05, 0.1) is 6.04 Å². The molecule has 1 aromatic heterocycles. The highest BCUT2D eigenvalue weighted by Gasteiger charge is 2.26. The van der Waals surface area contributed by atoms with Crippen molar-refractivity contribution >= 4 is 17.7 Å². The van der Waals surface area contributed by atoms with Gasteiger partial charge < -0.3 is 15.6 Å². The van der Waals surface area contributed by atoms with E-state index >= 15 is 0 Å². The summed E-state index contributed by atoms with van der Waals surface area (Å²) in [5, 5.41) is 12.4. The monoisotopic (exact) mass is 341 g/mol. The van der Waals surface area contributed by atoms with Gasteiger partial charge >= 0.3 is 0 Å². The number of nitrogens with one attached hydrogen (secondary N) is 1. The topological polar surface area (TPSA) is 85.8 Å². The first-order valence-electron chi connectivity index (χ1n) is 8.16. The maximum absolute atomic E-state index is 12.0. The lowest BCUT2D eigenvalue weighted by atomic mass is 9.87. The predicted octanol–water partition coefficient (Wildman–Crippen LogP) is 2.08. The van der Waals surface area contributed by atoms with Crippen LogP contribution in [-0.4, -0.2) is 39.5 Å². The summed E-state index contributed by atoms with van der Waals surface area (Å²) in [6.45, 7) is 11.8. The van der Waals surface area contributed by atoms with Crippen LogP contribution in [0.15, 0.2) is 5.16 Å². The fourth-order valence-electron chi connectivity index (χ4n) is 2.16. The van der Waals surface area contributed by atoms with Crippen LogP contribution in [0.5, 0.6) is 0 Å². The van der Waals surface area contributed by atoms with Gasteiger partial charge in [0.15, 0.2) is 5.16 Å². The van der Waals surface area contributed by atoms with Crippen molar-refractivity contribution in [2.75, 3.05) is 12.8 Å². The number of rotatable bonds is 8. The maximum Gasteiger partial charge on any atom is 0.237 e. The van der Waals surface area contributed by atoms with E-state index in [4.69, 9.17) is 5.73 Å². The van der Waals surface area contributed by atoms with Crippen molar-refractivity contribution in [3.8, 4) is 0 Å². The molecule has 0 saturated carbocycles. The van der Waals surface area contributed by atoms with E-state index in [9.17, 15) is 4.79 Å². The normalized spacial score (nSPS) is 13.4. The molecule has 7 heteroatoms. The van der Waals surface area contributed by atoms with Gasteiger partial charge in [-0.3, -0.25) is 4.79 Å². The predicted molar refractivity (Wildman–Crippen MR) is 95.4 cm³/mol. The van der Waals surface area contributed by atoms with Crippen LogP contribution in [0.2, 0.25) is 0 Å². The Morgan fingerprint density at radius 3 is 2.52 bits per heavy atom. The van der Waals surface area contributed by atoms with Crippen molar-refractivity contribution in [2.45, 2.75) is 65.2 Å². The third kappa shape index (κ3) is 6.14. The largest absolute Gasteiger partial charge is 0.355 e. The molecule has 1 aromatic rings. The lowest BCUT2D eigenvalue weighted by Gasteiger charge is -2.25. The zero-order valence-electron chi connectivity index (χ0n) is 15.2. The molecule has 1 atom stereocenters. The van der Waals surface area contributed by atoms with Gasteiger partial charge in [-0.05, 0) is 24.0 Å². The van der Waals surface area contributed by atoms with Gasteiger partial charge in [0.25, 0.3) is 0 Å². The molecule has 0 aliphatic heterocycles. The molecular weight excluding hydrogens is 310 g/mol. The Morgan fingerprint density at radius 2 is 2.00 bits per heavy atom. The van der Waals surface area contributed by atoms with Crippen molar-refractivity contribution < 1.29 is 4.79 Å². The molecule has 0 aliphatic carbocycles. The van der Waals surface area contributed by atoms with Crippen LogP contribution in [0.25, 0.3) is 0 Å². The van der Waals surface area contributed by atoms with Gasteiger partial charge in [-0.2, -0.15) is 0 Å². The van der Waals surface area contributed by atoms with Crippen LogP contribution in [0.4, 0.5) is 0 Å². The summed E-state index contributed by atoms with van der Waals surface area (Å²) in [5.41, 5.74) is 5.72. The minimum atomic E-state index is -0.491. The highest BCUT2D eigenvalue weighted by atomic mass is 32.2. The summed E-state index contributed by atoms with van der Waals surface area (Å²) in [6, 6.07) is -0.491. The number of nitrogens with zero attached hydrogens (tertiary/aromatic N) is 3. The summed E-state index contributed by atoms with van der Waals surface area (Å²) in [6.07, 6.45) is 3.64. The number of aryl methyl sites for hydroxylation is 1. The molecule has 0 aromatic carbocycles. The van der Waals surface area contributed by atoms with E-state index in [2.05, 4.69) is 33.9 Å². The molecule has 1 amide bonds. The van der Waals surface area contributed by atoms with Gasteiger partial charge in [0.2, 0.25) is 5.91 Å². The van der Waals surface area contributed by atoms with E-state index in [0.29, 0.717) is 12.5 Å². The van der Waals surface area contributed by atoms with Crippen molar-refractivity contribution in [3.63, 3.8) is 0 Å². The second-order valence-electron chi connectivity index (χ2n) is 7.35. The fraction of sp³-hybridized carbons (Fsp3) is 0.812. The van der Waals surface area contributed by atoms with Crippen LogP contribution < -0.4 is 11.1 Å². The lowest BCUT2D eigenvalue weighted by Crippen LogP contribution is -2.48. The summed E-state index contributed by atoms with van der Waals surface area (Å²) in [7, 11) is 0. The molecule has 0 radical (unpaired) electrons. The SMILES string of the molecule is CSc1nnc(CCCNC(=O)[C@@H](N)C(C)(C)C)n1CC(C)C. The number of amides is 1. The van der Waals surface area contributed by atoms with E-state index < -0.39 is 6.04 Å². The van der Waals surface area contributed by atoms with Gasteiger partial charge in [-0.15, -0.1) is 10.2 Å². The first kappa shape index (κ1) is 20.0. The van der Waals surface area contributed by atoms with Crippen molar-refractivity contribution in [3.05, 3.63) is 5.82 Å². The molecule has 132 valence electrons. The van der Waals surface area contributed by atoms with Crippen molar-refractivity contribution in [1.82, 2.24) is 20.1 Å². The minimum Gasteiger partial charge on any atom is -0.355 e. The van der Waals surface area contributed by atoms with E-state index in [0.717, 1.165) is 30.4 Å². The van der Waals surface area contributed by atoms with Crippen LogP contribution in [0.3, 0.4) is 0 Å². The molecule has 0 bridgehead atoms. The van der Waals surface area contributed by atoms with Crippen LogP contribution >= 0.6 is 11.8 Å². The summed E-state index contributed by atoms with van der Waals surface area (Å²) in [4.78, 5) is 12.0. The smallest absolute Gasteiger partial charge is 0.237 e. The molecule has 1 heterocycles. The Bertz CT molecular complexity index is 507. The lowest BCUT2D eigenvalue weighted by molar-refractivity contribution is -0.124. The fourth-order valence-corrected chi connectivity index (χ4v) is 2.69. The molecular formula is C16H31N5OS. The maximum atomic E-state index is 12.0. The van der Waals surface area contributed by atoms with Crippen LogP contribution in [0.1, 0.15) is 46.9 Å². The quantitative estimate of drug-likeness (QED) is 0.558. The zero-order valence-corrected chi connectivity index (χ0v) is 16.0. The van der Waals surface area contributed by atoms with Gasteiger partial charge in [0, 0.05) is 19.5 Å². The molecule has 0 spiro atoms. The highest BCUT2D eigenvalue weighted by molar-refractivity contribution is 7.98. The number of hydrogen-bond donors (Lipinski definition) is 2. The van der Waals surface area contributed by atoms with Crippen molar-refractivity contribution in [2.24, 2.45) is 17.1 Å². The van der Waals surface area contributed by atoms with Crippen LogP contribution in [-0.2, 0) is 17.8 Å². The second-order valence-corrected chi connectivity index (χ2v) is 8.12. The number of hydrogen-bond acceptors (Lipinski definition) is 5. The number of carbonyl (C=O) groups is 1. The number of aromatic nitrogens is 3. The highest BCUT2D eigenvalue weighted by Crippen LogP contribution is 2.18. The van der Waals surface area contributed by atoms with Gasteiger partial charge in [-0.1, -0.05) is 46.4 Å². The summed E-state index contributed by atoms with van der Waals surface area (Å²) >= 11 is 1.61. The van der Waals surface area contributed by atoms with E-state index in [1.807, 2.05) is 27.0 Å². The Morgan fingerprint density at radius 1 is 1.35 bits per heavy atom. The standard InChI is InChI=1S/C16H31N5OS/c1-11(2)10-21-12(19-20-15(21)23-6)8-7-9-18-14(22)13(17)16(3,4)5/h11,13H,7-10,17H2,1-6H3,(H,18,22)/t13-/m1/s1. The van der Waals surface area contributed by atoms with E-state index in [1.165, 1.54) is 0 Å². The number of thioether (sulfide) groups is 1. The summed E-state index contributed by atoms with van der Waals surface area (Å²) < 4.78 is 2.18. The Hall–Kier alpha value is -1.08. The Kier molecular flexibility index (Phi) is 7.54. The molecule has 3 N–H and O–H groups in total. The average molecular weight is 342 g/mol. The molecule has 1 rings (SSSR count). The minimum absolute atomic E-state index is 0.0917. The zero-order chi connectivity index (χ0) is 17.6. The third-order valence-corrected chi connectivity index (χ3v) is 4.28. The molecule has 0 aliphatic rings.